The van der Waals surface area contributed by atoms with E-state index in [9.17, 15) is 20.2 Å². The first kappa shape index (κ1) is 19.7. The van der Waals surface area contributed by atoms with Gasteiger partial charge in [-0.05, 0) is 45.6 Å². The molecule has 0 bridgehead atoms. The minimum atomic E-state index is -0.590. The number of carbonyl (C=O) groups is 1. The van der Waals surface area contributed by atoms with Gasteiger partial charge >= 0.3 is 5.97 Å². The predicted molar refractivity (Wildman–Crippen MR) is 93.2 cm³/mol. The minimum absolute atomic E-state index is 0.0611. The summed E-state index contributed by atoms with van der Waals surface area (Å²) in [5.41, 5.74) is -0.863. The number of nitrogens with zero attached hydrogens (tertiary/aromatic N) is 3. The van der Waals surface area contributed by atoms with Crippen LogP contribution in [0.15, 0.2) is 18.2 Å². The molecule has 1 fully saturated rings. The lowest BCUT2D eigenvalue weighted by Gasteiger charge is -2.32. The van der Waals surface area contributed by atoms with Crippen LogP contribution in [0.3, 0.4) is 0 Å². The fraction of sp³-hybridized carbons (Fsp3) is 0.556. The molecule has 1 heterocycles. The van der Waals surface area contributed by atoms with E-state index >= 15 is 0 Å². The number of rotatable bonds is 5. The lowest BCUT2D eigenvalue weighted by atomic mass is 9.97. The number of hydroxylamine groups is 2. The zero-order valence-corrected chi connectivity index (χ0v) is 15.2. The van der Waals surface area contributed by atoms with Gasteiger partial charge in [-0.1, -0.05) is 6.07 Å². The molecule has 0 N–H and O–H groups in total. The van der Waals surface area contributed by atoms with Crippen molar-refractivity contribution in [3.05, 3.63) is 33.9 Å². The average molecular weight is 361 g/mol. The maximum absolute atomic E-state index is 11.9. The van der Waals surface area contributed by atoms with Crippen molar-refractivity contribution < 1.29 is 19.3 Å². The SMILES string of the molecule is CC(C)(C)C(=O)ON1CCC(COc2cccc([N+](=O)[O-])c2C#N)CC1. The highest BCUT2D eigenvalue weighted by Crippen LogP contribution is 2.29. The van der Waals surface area contributed by atoms with Crippen molar-refractivity contribution in [1.29, 1.82) is 5.26 Å². The number of hydrogen-bond donors (Lipinski definition) is 0. The summed E-state index contributed by atoms with van der Waals surface area (Å²) in [7, 11) is 0. The molecule has 1 saturated heterocycles. The molecule has 1 aliphatic heterocycles. The lowest BCUT2D eigenvalue weighted by Crippen LogP contribution is -2.39. The highest BCUT2D eigenvalue weighted by Gasteiger charge is 2.29. The molecule has 1 aliphatic rings. The van der Waals surface area contributed by atoms with Crippen molar-refractivity contribution in [2.24, 2.45) is 11.3 Å². The Bertz CT molecular complexity index is 713. The molecule has 0 aromatic heterocycles. The maximum Gasteiger partial charge on any atom is 0.330 e. The zero-order chi connectivity index (χ0) is 19.3. The second kappa shape index (κ2) is 8.15. The number of nitro groups is 1. The molecule has 0 saturated carbocycles. The fourth-order valence-corrected chi connectivity index (χ4v) is 2.53. The van der Waals surface area contributed by atoms with Crippen molar-refractivity contribution in [1.82, 2.24) is 5.06 Å². The van der Waals surface area contributed by atoms with Gasteiger partial charge in [-0.3, -0.25) is 10.1 Å². The topological polar surface area (TPSA) is 106 Å². The Morgan fingerprint density at radius 2 is 2.04 bits per heavy atom. The molecule has 0 spiro atoms. The molecule has 0 atom stereocenters. The zero-order valence-electron chi connectivity index (χ0n) is 15.2. The Hall–Kier alpha value is -2.66. The highest BCUT2D eigenvalue weighted by molar-refractivity contribution is 5.75. The molecule has 140 valence electrons. The van der Waals surface area contributed by atoms with Gasteiger partial charge in [0, 0.05) is 19.2 Å². The van der Waals surface area contributed by atoms with E-state index in [2.05, 4.69) is 0 Å². The summed E-state index contributed by atoms with van der Waals surface area (Å²) >= 11 is 0. The Balaban J connectivity index is 1.88. The van der Waals surface area contributed by atoms with Crippen LogP contribution in [0.1, 0.15) is 39.2 Å². The van der Waals surface area contributed by atoms with E-state index in [0.717, 1.165) is 12.8 Å². The lowest BCUT2D eigenvalue weighted by molar-refractivity contribution is -0.385. The Morgan fingerprint density at radius 1 is 1.38 bits per heavy atom. The summed E-state index contributed by atoms with van der Waals surface area (Å²) in [5, 5.41) is 21.8. The summed E-state index contributed by atoms with van der Waals surface area (Å²) < 4.78 is 5.68. The van der Waals surface area contributed by atoms with Gasteiger partial charge in [-0.15, -0.1) is 5.06 Å². The van der Waals surface area contributed by atoms with Crippen LogP contribution < -0.4 is 4.74 Å². The van der Waals surface area contributed by atoms with Gasteiger partial charge in [-0.2, -0.15) is 5.26 Å². The number of hydrogen-bond acceptors (Lipinski definition) is 7. The van der Waals surface area contributed by atoms with Crippen molar-refractivity contribution in [2.45, 2.75) is 33.6 Å². The van der Waals surface area contributed by atoms with Crippen LogP contribution >= 0.6 is 0 Å². The van der Waals surface area contributed by atoms with Crippen LogP contribution in [0.5, 0.6) is 5.75 Å². The Morgan fingerprint density at radius 3 is 2.58 bits per heavy atom. The Labute approximate surface area is 152 Å². The van der Waals surface area contributed by atoms with E-state index in [1.54, 1.807) is 11.1 Å². The van der Waals surface area contributed by atoms with Gasteiger partial charge in [-0.25, -0.2) is 4.79 Å². The molecule has 26 heavy (non-hydrogen) atoms. The van der Waals surface area contributed by atoms with Crippen LogP contribution in [0.25, 0.3) is 0 Å². The average Bonchev–Trinajstić information content (AvgIpc) is 2.59. The third-order valence-electron chi connectivity index (χ3n) is 4.19. The first-order chi connectivity index (χ1) is 12.2. The fourth-order valence-electron chi connectivity index (χ4n) is 2.53. The third-order valence-corrected chi connectivity index (χ3v) is 4.19. The van der Waals surface area contributed by atoms with Gasteiger partial charge in [0.1, 0.15) is 11.8 Å². The van der Waals surface area contributed by atoms with Gasteiger partial charge in [0.2, 0.25) is 0 Å². The van der Waals surface area contributed by atoms with E-state index in [4.69, 9.17) is 9.57 Å². The van der Waals surface area contributed by atoms with E-state index in [1.165, 1.54) is 12.1 Å². The largest absolute Gasteiger partial charge is 0.492 e. The van der Waals surface area contributed by atoms with Crippen molar-refractivity contribution in [3.8, 4) is 11.8 Å². The first-order valence-corrected chi connectivity index (χ1v) is 8.50. The smallest absolute Gasteiger partial charge is 0.330 e. The molecule has 1 aromatic carbocycles. The molecule has 0 aliphatic carbocycles. The number of piperidine rings is 1. The van der Waals surface area contributed by atoms with Crippen LogP contribution in [-0.2, 0) is 9.63 Å². The molecular formula is C18H23N3O5. The van der Waals surface area contributed by atoms with E-state index in [1.807, 2.05) is 26.8 Å². The quantitative estimate of drug-likeness (QED) is 0.586. The van der Waals surface area contributed by atoms with E-state index < -0.39 is 10.3 Å². The van der Waals surface area contributed by atoms with Crippen LogP contribution in [0.4, 0.5) is 5.69 Å². The summed E-state index contributed by atoms with van der Waals surface area (Å²) in [6.07, 6.45) is 1.54. The molecule has 0 amide bonds. The maximum atomic E-state index is 11.9. The summed E-state index contributed by atoms with van der Waals surface area (Å²) in [5.74, 6) is 0.191. The van der Waals surface area contributed by atoms with Crippen LogP contribution in [-0.4, -0.2) is 35.7 Å². The standard InChI is InChI=1S/C18H23N3O5/c1-18(2,3)17(22)26-20-9-7-13(8-10-20)12-25-16-6-4-5-15(21(23)24)14(16)11-19/h4-6,13H,7-10,12H2,1-3H3. The van der Waals surface area contributed by atoms with Crippen molar-refractivity contribution in [3.63, 3.8) is 0 Å². The van der Waals surface area contributed by atoms with E-state index in [0.29, 0.717) is 19.7 Å². The van der Waals surface area contributed by atoms with Crippen LogP contribution in [0, 0.1) is 32.8 Å². The minimum Gasteiger partial charge on any atom is -0.492 e. The number of benzene rings is 1. The van der Waals surface area contributed by atoms with E-state index in [-0.39, 0.29) is 28.9 Å². The Kier molecular flexibility index (Phi) is 6.16. The number of nitriles is 1. The first-order valence-electron chi connectivity index (χ1n) is 8.50. The van der Waals surface area contributed by atoms with Gasteiger partial charge < -0.3 is 9.57 Å². The summed E-state index contributed by atoms with van der Waals surface area (Å²) in [6, 6.07) is 6.19. The number of carbonyl (C=O) groups excluding carboxylic acids is 1. The van der Waals surface area contributed by atoms with Gasteiger partial charge in [0.15, 0.2) is 5.56 Å². The predicted octanol–water partition coefficient (Wildman–Crippen LogP) is 3.06. The second-order valence-electron chi connectivity index (χ2n) is 7.33. The summed E-state index contributed by atoms with van der Waals surface area (Å²) in [4.78, 5) is 27.7. The molecule has 8 nitrogen and oxygen atoms in total. The van der Waals surface area contributed by atoms with Gasteiger partial charge in [0.05, 0.1) is 16.9 Å². The molecule has 0 unspecified atom stereocenters. The summed E-state index contributed by atoms with van der Waals surface area (Å²) in [6.45, 7) is 6.99. The van der Waals surface area contributed by atoms with Crippen molar-refractivity contribution >= 4 is 11.7 Å². The molecule has 0 radical (unpaired) electrons. The molecular weight excluding hydrogens is 338 g/mol. The number of nitro benzene ring substituents is 1. The van der Waals surface area contributed by atoms with Crippen molar-refractivity contribution in [2.75, 3.05) is 19.7 Å². The molecule has 1 aromatic rings. The van der Waals surface area contributed by atoms with Gasteiger partial charge in [0.25, 0.3) is 5.69 Å². The molecule has 2 rings (SSSR count). The highest BCUT2D eigenvalue weighted by atomic mass is 16.7. The monoisotopic (exact) mass is 361 g/mol. The van der Waals surface area contributed by atoms with Crippen LogP contribution in [0.2, 0.25) is 0 Å². The third kappa shape index (κ3) is 4.92. The normalized spacial score (nSPS) is 15.9. The second-order valence-corrected chi connectivity index (χ2v) is 7.33. The molecule has 8 heteroatoms. The number of ether oxygens (including phenoxy) is 1.